The maximum atomic E-state index is 12.7. The molecule has 7 nitrogen and oxygen atoms in total. The molecule has 1 saturated heterocycles. The van der Waals surface area contributed by atoms with Crippen LogP contribution in [0.3, 0.4) is 0 Å². The molecule has 0 spiro atoms. The van der Waals surface area contributed by atoms with Crippen molar-refractivity contribution in [3.8, 4) is 0 Å². The maximum absolute atomic E-state index is 12.7. The van der Waals surface area contributed by atoms with Crippen LogP contribution in [0.15, 0.2) is 24.5 Å². The number of hydrogen-bond donors (Lipinski definition) is 0. The molecule has 0 aliphatic carbocycles. The Morgan fingerprint density at radius 3 is 3.23 bits per heavy atom. The van der Waals surface area contributed by atoms with Crippen molar-refractivity contribution < 1.29 is 9.53 Å². The number of ether oxygens (including phenoxy) is 1. The predicted molar refractivity (Wildman–Crippen MR) is 77.1 cm³/mol. The van der Waals surface area contributed by atoms with E-state index in [1.165, 1.54) is 0 Å². The fourth-order valence-electron chi connectivity index (χ4n) is 3.24. The second kappa shape index (κ2) is 5.17. The number of hydrogen-bond acceptors (Lipinski definition) is 5. The summed E-state index contributed by atoms with van der Waals surface area (Å²) in [6, 6.07) is 3.67. The van der Waals surface area contributed by atoms with Crippen LogP contribution in [-0.2, 0) is 11.3 Å². The molecule has 1 fully saturated rings. The minimum Gasteiger partial charge on any atom is -0.370 e. The van der Waals surface area contributed by atoms with E-state index in [0.29, 0.717) is 25.3 Å². The highest BCUT2D eigenvalue weighted by Gasteiger charge is 2.38. The van der Waals surface area contributed by atoms with E-state index in [1.54, 1.807) is 18.5 Å². The lowest BCUT2D eigenvalue weighted by Gasteiger charge is -2.41. The zero-order valence-electron chi connectivity index (χ0n) is 12.3. The SMILES string of the molecule is Cc1ncccc1C(=O)N1CC[C@@H]2OCc3cnnn3[C@@H]2C1. The van der Waals surface area contributed by atoms with E-state index in [-0.39, 0.29) is 18.1 Å². The number of fused-ring (bicyclic) bond motifs is 3. The Balaban J connectivity index is 1.59. The first-order valence-corrected chi connectivity index (χ1v) is 7.45. The monoisotopic (exact) mass is 299 g/mol. The largest absolute Gasteiger partial charge is 0.370 e. The van der Waals surface area contributed by atoms with E-state index < -0.39 is 0 Å². The van der Waals surface area contributed by atoms with Crippen molar-refractivity contribution in [3.63, 3.8) is 0 Å². The Labute approximate surface area is 127 Å². The Morgan fingerprint density at radius 1 is 1.45 bits per heavy atom. The third-order valence-electron chi connectivity index (χ3n) is 4.45. The van der Waals surface area contributed by atoms with Crippen LogP contribution >= 0.6 is 0 Å². The lowest BCUT2D eigenvalue weighted by atomic mass is 9.99. The predicted octanol–water partition coefficient (Wildman–Crippen LogP) is 0.968. The van der Waals surface area contributed by atoms with E-state index in [2.05, 4.69) is 15.3 Å². The summed E-state index contributed by atoms with van der Waals surface area (Å²) in [5.41, 5.74) is 2.39. The van der Waals surface area contributed by atoms with Crippen LogP contribution in [-0.4, -0.2) is 50.0 Å². The fourth-order valence-corrected chi connectivity index (χ4v) is 3.24. The zero-order chi connectivity index (χ0) is 15.1. The minimum absolute atomic E-state index is 0.0243. The van der Waals surface area contributed by atoms with Gasteiger partial charge in [-0.15, -0.1) is 5.10 Å². The van der Waals surface area contributed by atoms with E-state index in [9.17, 15) is 4.79 Å². The summed E-state index contributed by atoms with van der Waals surface area (Å²) < 4.78 is 7.78. The molecule has 2 aliphatic rings. The van der Waals surface area contributed by atoms with Gasteiger partial charge in [-0.3, -0.25) is 9.78 Å². The summed E-state index contributed by atoms with van der Waals surface area (Å²) >= 11 is 0. The van der Waals surface area contributed by atoms with Gasteiger partial charge in [0.25, 0.3) is 5.91 Å². The Morgan fingerprint density at radius 2 is 2.36 bits per heavy atom. The number of pyridine rings is 1. The maximum Gasteiger partial charge on any atom is 0.255 e. The number of amides is 1. The molecule has 4 heterocycles. The van der Waals surface area contributed by atoms with Gasteiger partial charge in [0.2, 0.25) is 0 Å². The van der Waals surface area contributed by atoms with Gasteiger partial charge in [-0.25, -0.2) is 4.68 Å². The summed E-state index contributed by atoms with van der Waals surface area (Å²) in [4.78, 5) is 18.8. The molecular weight excluding hydrogens is 282 g/mol. The first-order chi connectivity index (χ1) is 10.7. The molecule has 0 aromatic carbocycles. The molecule has 2 aromatic rings. The first-order valence-electron chi connectivity index (χ1n) is 7.45. The van der Waals surface area contributed by atoms with Crippen molar-refractivity contribution in [1.29, 1.82) is 0 Å². The molecule has 2 atom stereocenters. The second-order valence-corrected chi connectivity index (χ2v) is 5.76. The average molecular weight is 299 g/mol. The summed E-state index contributed by atoms with van der Waals surface area (Å²) in [6.07, 6.45) is 4.35. The van der Waals surface area contributed by atoms with Crippen molar-refractivity contribution in [2.75, 3.05) is 13.1 Å². The van der Waals surface area contributed by atoms with Gasteiger partial charge in [0.15, 0.2) is 0 Å². The molecule has 1 amide bonds. The Kier molecular flexibility index (Phi) is 3.15. The van der Waals surface area contributed by atoms with Crippen LogP contribution in [0.4, 0.5) is 0 Å². The van der Waals surface area contributed by atoms with Gasteiger partial charge in [0.05, 0.1) is 36.2 Å². The summed E-state index contributed by atoms with van der Waals surface area (Å²) in [6.45, 7) is 3.69. The normalized spacial score (nSPS) is 23.8. The van der Waals surface area contributed by atoms with Gasteiger partial charge in [0, 0.05) is 25.0 Å². The van der Waals surface area contributed by atoms with E-state index >= 15 is 0 Å². The average Bonchev–Trinajstić information content (AvgIpc) is 3.03. The van der Waals surface area contributed by atoms with E-state index in [4.69, 9.17) is 4.74 Å². The smallest absolute Gasteiger partial charge is 0.255 e. The molecule has 4 rings (SSSR count). The standard InChI is InChI=1S/C15H17N5O2/c1-10-12(3-2-5-16-10)15(21)19-6-4-14-13(8-19)20-11(9-22-14)7-17-18-20/h2-3,5,7,13-14H,4,6,8-9H2,1H3/t13-,14+/m1/s1. The number of rotatable bonds is 1. The number of carbonyl (C=O) groups is 1. The topological polar surface area (TPSA) is 73.1 Å². The summed E-state index contributed by atoms with van der Waals surface area (Å²) in [5, 5.41) is 8.12. The molecule has 22 heavy (non-hydrogen) atoms. The minimum atomic E-state index is 0.0243. The molecule has 0 N–H and O–H groups in total. The number of piperidine rings is 1. The number of nitrogens with zero attached hydrogens (tertiary/aromatic N) is 5. The molecule has 2 aliphatic heterocycles. The van der Waals surface area contributed by atoms with Crippen LogP contribution in [0.5, 0.6) is 0 Å². The highest BCUT2D eigenvalue weighted by Crippen LogP contribution is 2.30. The van der Waals surface area contributed by atoms with E-state index in [0.717, 1.165) is 17.8 Å². The van der Waals surface area contributed by atoms with E-state index in [1.807, 2.05) is 22.6 Å². The van der Waals surface area contributed by atoms with Crippen LogP contribution in [0.25, 0.3) is 0 Å². The van der Waals surface area contributed by atoms with Gasteiger partial charge in [0.1, 0.15) is 0 Å². The lowest BCUT2D eigenvalue weighted by molar-refractivity contribution is -0.0605. The summed E-state index contributed by atoms with van der Waals surface area (Å²) in [7, 11) is 0. The van der Waals surface area contributed by atoms with Gasteiger partial charge in [-0.2, -0.15) is 0 Å². The van der Waals surface area contributed by atoms with Gasteiger partial charge in [-0.1, -0.05) is 5.21 Å². The molecule has 0 bridgehead atoms. The molecule has 7 heteroatoms. The Hall–Kier alpha value is -2.28. The van der Waals surface area contributed by atoms with Crippen LogP contribution in [0, 0.1) is 6.92 Å². The van der Waals surface area contributed by atoms with Gasteiger partial charge < -0.3 is 9.64 Å². The molecule has 114 valence electrons. The molecule has 0 unspecified atom stereocenters. The first kappa shape index (κ1) is 13.4. The van der Waals surface area contributed by atoms with Crippen molar-refractivity contribution in [2.45, 2.75) is 32.1 Å². The number of aryl methyl sites for hydroxylation is 1. The quantitative estimate of drug-likeness (QED) is 0.784. The highest BCUT2D eigenvalue weighted by atomic mass is 16.5. The third kappa shape index (κ3) is 2.09. The highest BCUT2D eigenvalue weighted by molar-refractivity contribution is 5.95. The zero-order valence-corrected chi connectivity index (χ0v) is 12.3. The van der Waals surface area contributed by atoms with Crippen LogP contribution in [0.1, 0.15) is 34.2 Å². The summed E-state index contributed by atoms with van der Waals surface area (Å²) in [5.74, 6) is 0.0243. The number of aromatic nitrogens is 4. The van der Waals surface area contributed by atoms with Crippen molar-refractivity contribution in [3.05, 3.63) is 41.5 Å². The van der Waals surface area contributed by atoms with Gasteiger partial charge >= 0.3 is 0 Å². The third-order valence-corrected chi connectivity index (χ3v) is 4.45. The van der Waals surface area contributed by atoms with Gasteiger partial charge in [-0.05, 0) is 25.5 Å². The molecule has 2 aromatic heterocycles. The number of likely N-dealkylation sites (tertiary alicyclic amines) is 1. The van der Waals surface area contributed by atoms with Crippen LogP contribution in [0.2, 0.25) is 0 Å². The molecule has 0 radical (unpaired) electrons. The second-order valence-electron chi connectivity index (χ2n) is 5.76. The lowest BCUT2D eigenvalue weighted by Crippen LogP contribution is -2.50. The van der Waals surface area contributed by atoms with Crippen molar-refractivity contribution in [2.24, 2.45) is 0 Å². The Bertz CT molecular complexity index is 713. The van der Waals surface area contributed by atoms with Crippen molar-refractivity contribution >= 4 is 5.91 Å². The fraction of sp³-hybridized carbons (Fsp3) is 0.467. The molecule has 0 saturated carbocycles. The van der Waals surface area contributed by atoms with Crippen molar-refractivity contribution in [1.82, 2.24) is 24.9 Å². The number of carbonyl (C=O) groups excluding carboxylic acids is 1. The molecular formula is C15H17N5O2. The van der Waals surface area contributed by atoms with Crippen LogP contribution < -0.4 is 0 Å².